The molecule has 17 heavy (non-hydrogen) atoms. The van der Waals surface area contributed by atoms with Gasteiger partial charge in [-0.05, 0) is 31.6 Å². The molecule has 2 N–H and O–H groups in total. The average Bonchev–Trinajstić information content (AvgIpc) is 2.27. The van der Waals surface area contributed by atoms with Crippen LogP contribution in [0.2, 0.25) is 0 Å². The summed E-state index contributed by atoms with van der Waals surface area (Å²) in [6.45, 7) is 4.01. The smallest absolute Gasteiger partial charge is 0.235 e. The summed E-state index contributed by atoms with van der Waals surface area (Å²) < 4.78 is 0. The van der Waals surface area contributed by atoms with Crippen LogP contribution in [0, 0.1) is 11.3 Å². The van der Waals surface area contributed by atoms with Crippen LogP contribution in [-0.4, -0.2) is 28.9 Å². The summed E-state index contributed by atoms with van der Waals surface area (Å²) in [4.78, 5) is 14.9. The van der Waals surface area contributed by atoms with Gasteiger partial charge < -0.3 is 10.6 Å². The summed E-state index contributed by atoms with van der Waals surface area (Å²) >= 11 is 5.10. The van der Waals surface area contributed by atoms with Gasteiger partial charge in [0.1, 0.15) is 0 Å². The second kappa shape index (κ2) is 4.92. The summed E-state index contributed by atoms with van der Waals surface area (Å²) in [5.74, 6) is 0.993. The van der Waals surface area contributed by atoms with Crippen LogP contribution in [0.3, 0.4) is 0 Å². The lowest BCUT2D eigenvalue weighted by atomic mass is 9.67. The zero-order chi connectivity index (χ0) is 12.5. The van der Waals surface area contributed by atoms with Gasteiger partial charge in [-0.2, -0.15) is 0 Å². The zero-order valence-electron chi connectivity index (χ0n) is 10.6. The molecule has 0 spiro atoms. The summed E-state index contributed by atoms with van der Waals surface area (Å²) in [6, 6.07) is 0. The standard InChI is InChI=1S/C13H22N2OS/c1-2-10-4-8-15(9-5-10)12(16)13(11(14)17)6-3-7-13/h10H,2-9H2,1H3,(H2,14,17). The van der Waals surface area contributed by atoms with E-state index in [1.54, 1.807) is 0 Å². The van der Waals surface area contributed by atoms with E-state index in [1.165, 1.54) is 6.42 Å². The Balaban J connectivity index is 1.99. The van der Waals surface area contributed by atoms with E-state index < -0.39 is 5.41 Å². The van der Waals surface area contributed by atoms with Gasteiger partial charge in [-0.15, -0.1) is 0 Å². The number of thiocarbonyl (C=S) groups is 1. The number of carbonyl (C=O) groups is 1. The molecule has 1 heterocycles. The summed E-state index contributed by atoms with van der Waals surface area (Å²) in [5, 5.41) is 0. The number of hydrogen-bond acceptors (Lipinski definition) is 2. The predicted molar refractivity (Wildman–Crippen MR) is 72.7 cm³/mol. The van der Waals surface area contributed by atoms with E-state index in [1.807, 2.05) is 4.90 Å². The van der Waals surface area contributed by atoms with E-state index in [0.717, 1.165) is 51.1 Å². The molecule has 0 atom stereocenters. The molecule has 2 aliphatic rings. The van der Waals surface area contributed by atoms with Crippen LogP contribution in [0.4, 0.5) is 0 Å². The van der Waals surface area contributed by atoms with Crippen molar-refractivity contribution >= 4 is 23.1 Å². The fraction of sp³-hybridized carbons (Fsp3) is 0.846. The highest BCUT2D eigenvalue weighted by Gasteiger charge is 2.49. The Kier molecular flexibility index (Phi) is 3.71. The molecule has 1 amide bonds. The van der Waals surface area contributed by atoms with Gasteiger partial charge in [0.15, 0.2) is 0 Å². The van der Waals surface area contributed by atoms with Crippen LogP contribution in [0.5, 0.6) is 0 Å². The number of carbonyl (C=O) groups excluding carboxylic acids is 1. The van der Waals surface area contributed by atoms with Crippen LogP contribution in [0.15, 0.2) is 0 Å². The maximum Gasteiger partial charge on any atom is 0.235 e. The third kappa shape index (κ3) is 2.19. The third-order valence-corrected chi connectivity index (χ3v) is 4.96. The second-order valence-electron chi connectivity index (χ2n) is 5.44. The molecular formula is C13H22N2OS. The van der Waals surface area contributed by atoms with E-state index >= 15 is 0 Å². The first kappa shape index (κ1) is 12.8. The molecule has 0 aromatic rings. The van der Waals surface area contributed by atoms with Crippen LogP contribution < -0.4 is 5.73 Å². The Labute approximate surface area is 109 Å². The summed E-state index contributed by atoms with van der Waals surface area (Å²) in [7, 11) is 0. The minimum absolute atomic E-state index is 0.200. The summed E-state index contributed by atoms with van der Waals surface area (Å²) in [5.41, 5.74) is 5.30. The van der Waals surface area contributed by atoms with Crippen LogP contribution in [0.1, 0.15) is 45.4 Å². The van der Waals surface area contributed by atoms with Crippen molar-refractivity contribution in [2.45, 2.75) is 45.4 Å². The molecule has 3 nitrogen and oxygen atoms in total. The Morgan fingerprint density at radius 1 is 1.41 bits per heavy atom. The number of amides is 1. The van der Waals surface area contributed by atoms with Crippen molar-refractivity contribution < 1.29 is 4.79 Å². The van der Waals surface area contributed by atoms with Crippen molar-refractivity contribution in [1.29, 1.82) is 0 Å². The first-order valence-corrected chi connectivity index (χ1v) is 7.10. The zero-order valence-corrected chi connectivity index (χ0v) is 11.4. The van der Waals surface area contributed by atoms with Crippen molar-refractivity contribution in [2.24, 2.45) is 17.1 Å². The molecule has 0 bridgehead atoms. The fourth-order valence-corrected chi connectivity index (χ4v) is 3.23. The fourth-order valence-electron chi connectivity index (χ4n) is 2.94. The first-order valence-electron chi connectivity index (χ1n) is 6.69. The van der Waals surface area contributed by atoms with Gasteiger partial charge in [-0.25, -0.2) is 0 Å². The van der Waals surface area contributed by atoms with Gasteiger partial charge in [0.25, 0.3) is 0 Å². The highest BCUT2D eigenvalue weighted by molar-refractivity contribution is 7.80. The van der Waals surface area contributed by atoms with Crippen LogP contribution in [0.25, 0.3) is 0 Å². The lowest BCUT2D eigenvalue weighted by Crippen LogP contribution is -2.55. The Hall–Kier alpha value is -0.640. The molecular weight excluding hydrogens is 232 g/mol. The summed E-state index contributed by atoms with van der Waals surface area (Å²) in [6.07, 6.45) is 6.28. The topological polar surface area (TPSA) is 46.3 Å². The molecule has 2 fully saturated rings. The van der Waals surface area contributed by atoms with Crippen molar-refractivity contribution in [3.8, 4) is 0 Å². The molecule has 4 heteroatoms. The normalized spacial score (nSPS) is 24.2. The van der Waals surface area contributed by atoms with Gasteiger partial charge in [-0.1, -0.05) is 32.0 Å². The number of nitrogens with zero attached hydrogens (tertiary/aromatic N) is 1. The number of rotatable bonds is 3. The quantitative estimate of drug-likeness (QED) is 0.785. The van der Waals surface area contributed by atoms with Crippen molar-refractivity contribution in [2.75, 3.05) is 13.1 Å². The SMILES string of the molecule is CCC1CCN(C(=O)C2(C(N)=S)CCC2)CC1. The van der Waals surface area contributed by atoms with E-state index in [9.17, 15) is 4.79 Å². The monoisotopic (exact) mass is 254 g/mol. The van der Waals surface area contributed by atoms with Crippen LogP contribution >= 0.6 is 12.2 Å². The maximum absolute atomic E-state index is 12.5. The molecule has 0 unspecified atom stereocenters. The number of nitrogens with two attached hydrogens (primary N) is 1. The van der Waals surface area contributed by atoms with E-state index in [2.05, 4.69) is 6.92 Å². The molecule has 1 saturated carbocycles. The minimum atomic E-state index is -0.478. The number of hydrogen-bond donors (Lipinski definition) is 1. The van der Waals surface area contributed by atoms with E-state index in [4.69, 9.17) is 18.0 Å². The Morgan fingerprint density at radius 2 is 2.00 bits per heavy atom. The van der Waals surface area contributed by atoms with Crippen molar-refractivity contribution in [3.63, 3.8) is 0 Å². The van der Waals surface area contributed by atoms with Gasteiger partial charge in [0, 0.05) is 13.1 Å². The molecule has 1 aliphatic heterocycles. The largest absolute Gasteiger partial charge is 0.392 e. The predicted octanol–water partition coefficient (Wildman–Crippen LogP) is 2.09. The second-order valence-corrected chi connectivity index (χ2v) is 5.88. The number of likely N-dealkylation sites (tertiary alicyclic amines) is 1. The molecule has 2 rings (SSSR count). The van der Waals surface area contributed by atoms with Crippen molar-refractivity contribution in [3.05, 3.63) is 0 Å². The lowest BCUT2D eigenvalue weighted by molar-refractivity contribution is -0.143. The highest BCUT2D eigenvalue weighted by atomic mass is 32.1. The lowest BCUT2D eigenvalue weighted by Gasteiger charge is -2.44. The van der Waals surface area contributed by atoms with Gasteiger partial charge in [0.05, 0.1) is 10.4 Å². The maximum atomic E-state index is 12.5. The van der Waals surface area contributed by atoms with Gasteiger partial charge in [-0.3, -0.25) is 4.79 Å². The van der Waals surface area contributed by atoms with E-state index in [0.29, 0.717) is 4.99 Å². The average molecular weight is 254 g/mol. The number of piperidine rings is 1. The Bertz CT molecular complexity index is 317. The molecule has 1 saturated heterocycles. The highest BCUT2D eigenvalue weighted by Crippen LogP contribution is 2.43. The molecule has 0 aromatic carbocycles. The van der Waals surface area contributed by atoms with Crippen molar-refractivity contribution in [1.82, 2.24) is 4.90 Å². The third-order valence-electron chi connectivity index (χ3n) is 4.57. The van der Waals surface area contributed by atoms with Gasteiger partial charge in [0.2, 0.25) is 5.91 Å². The Morgan fingerprint density at radius 3 is 2.35 bits per heavy atom. The molecule has 0 aromatic heterocycles. The van der Waals surface area contributed by atoms with Gasteiger partial charge >= 0.3 is 0 Å². The first-order chi connectivity index (χ1) is 8.10. The molecule has 0 radical (unpaired) electrons. The molecule has 1 aliphatic carbocycles. The molecule has 96 valence electrons. The minimum Gasteiger partial charge on any atom is -0.392 e. The van der Waals surface area contributed by atoms with E-state index in [-0.39, 0.29) is 5.91 Å². The van der Waals surface area contributed by atoms with Crippen LogP contribution in [-0.2, 0) is 4.79 Å².